The molecule has 1 N–H and O–H groups in total. The number of aromatic amines is 1. The van der Waals surface area contributed by atoms with Crippen LogP contribution in [0.1, 0.15) is 16.1 Å². The molecule has 0 saturated carbocycles. The van der Waals surface area contributed by atoms with E-state index >= 15 is 0 Å². The summed E-state index contributed by atoms with van der Waals surface area (Å²) in [6.45, 7) is 0. The van der Waals surface area contributed by atoms with Crippen molar-refractivity contribution in [3.63, 3.8) is 0 Å². The fraction of sp³-hybridized carbons (Fsp3) is 0.167. The van der Waals surface area contributed by atoms with Crippen LogP contribution in [-0.4, -0.2) is 28.1 Å². The van der Waals surface area contributed by atoms with Crippen LogP contribution >= 0.6 is 0 Å². The number of carbonyl (C=O) groups excluding carboxylic acids is 1. The van der Waals surface area contributed by atoms with Gasteiger partial charge in [-0.1, -0.05) is 0 Å². The lowest BCUT2D eigenvalue weighted by molar-refractivity contribution is 0.0991. The lowest BCUT2D eigenvalue weighted by Crippen LogP contribution is -2.19. The molecule has 0 atom stereocenters. The molecule has 0 bridgehead atoms. The number of rotatable bonds is 4. The average Bonchev–Trinajstić information content (AvgIpc) is 2.41. The second-order valence-corrected chi connectivity index (χ2v) is 3.59. The maximum absolute atomic E-state index is 11.9. The summed E-state index contributed by atoms with van der Waals surface area (Å²) >= 11 is 0. The predicted molar refractivity (Wildman–Crippen MR) is 63.7 cm³/mol. The Morgan fingerprint density at radius 3 is 2.67 bits per heavy atom. The fourth-order valence-electron chi connectivity index (χ4n) is 1.46. The molecule has 0 aliphatic heterocycles. The van der Waals surface area contributed by atoms with Gasteiger partial charge in [0.15, 0.2) is 5.78 Å². The molecule has 2 aromatic rings. The smallest absolute Gasteiger partial charge is 0.273 e. The highest BCUT2D eigenvalue weighted by atomic mass is 16.5. The van der Waals surface area contributed by atoms with Gasteiger partial charge in [-0.2, -0.15) is 0 Å². The molecule has 1 aromatic carbocycles. The maximum atomic E-state index is 11.9. The monoisotopic (exact) mass is 245 g/mol. The molecule has 18 heavy (non-hydrogen) atoms. The molecule has 0 radical (unpaired) electrons. The van der Waals surface area contributed by atoms with Gasteiger partial charge in [0.2, 0.25) is 0 Å². The first-order valence-corrected chi connectivity index (χ1v) is 5.27. The third-order valence-corrected chi connectivity index (χ3v) is 2.43. The van der Waals surface area contributed by atoms with Gasteiger partial charge in [0.25, 0.3) is 5.56 Å². The van der Waals surface area contributed by atoms with E-state index in [2.05, 4.69) is 15.2 Å². The molecule has 0 unspecified atom stereocenters. The van der Waals surface area contributed by atoms with Gasteiger partial charge in [0, 0.05) is 5.56 Å². The van der Waals surface area contributed by atoms with Gasteiger partial charge in [0.05, 0.1) is 13.5 Å². The predicted octanol–water partition coefficient (Wildman–Crippen LogP) is 0.599. The van der Waals surface area contributed by atoms with E-state index in [4.69, 9.17) is 4.74 Å². The van der Waals surface area contributed by atoms with Crippen LogP contribution in [-0.2, 0) is 6.42 Å². The number of aromatic nitrogens is 3. The number of hydrogen-bond acceptors (Lipinski definition) is 5. The molecule has 0 aliphatic carbocycles. The topological polar surface area (TPSA) is 84.9 Å². The third kappa shape index (κ3) is 2.60. The standard InChI is InChI=1S/C12H11N3O3/c1-18-9-4-2-8(3-5-9)11(16)6-10-12(17)13-7-14-15-10/h2-5,7H,6H2,1H3,(H,13,14,17). The first-order valence-electron chi connectivity index (χ1n) is 5.27. The first-order chi connectivity index (χ1) is 8.70. The number of ketones is 1. The molecule has 0 aliphatic rings. The number of Topliss-reactive ketones (excluding diaryl/α,β-unsaturated/α-hetero) is 1. The van der Waals surface area contributed by atoms with Crippen LogP contribution in [0.2, 0.25) is 0 Å². The van der Waals surface area contributed by atoms with E-state index in [1.165, 1.54) is 6.33 Å². The summed E-state index contributed by atoms with van der Waals surface area (Å²) in [6, 6.07) is 6.67. The van der Waals surface area contributed by atoms with Crippen molar-refractivity contribution in [2.45, 2.75) is 6.42 Å². The fourth-order valence-corrected chi connectivity index (χ4v) is 1.46. The van der Waals surface area contributed by atoms with Gasteiger partial charge in [-0.25, -0.2) is 0 Å². The molecule has 6 heteroatoms. The van der Waals surface area contributed by atoms with E-state index in [0.717, 1.165) is 0 Å². The van der Waals surface area contributed by atoms with Crippen molar-refractivity contribution in [1.82, 2.24) is 15.2 Å². The van der Waals surface area contributed by atoms with Gasteiger partial charge >= 0.3 is 0 Å². The molecule has 0 amide bonds. The zero-order valence-electron chi connectivity index (χ0n) is 9.71. The van der Waals surface area contributed by atoms with Crippen molar-refractivity contribution in [2.75, 3.05) is 7.11 Å². The minimum absolute atomic E-state index is 0.0739. The molecule has 0 spiro atoms. The molecule has 0 fully saturated rings. The number of methoxy groups -OCH3 is 1. The molecular formula is C12H11N3O3. The lowest BCUT2D eigenvalue weighted by Gasteiger charge is -2.02. The van der Waals surface area contributed by atoms with Crippen LogP contribution < -0.4 is 10.3 Å². The Bertz CT molecular complexity index is 604. The average molecular weight is 245 g/mol. The Balaban J connectivity index is 2.17. The molecule has 1 heterocycles. The van der Waals surface area contributed by atoms with Gasteiger partial charge in [-0.15, -0.1) is 10.2 Å². The second kappa shape index (κ2) is 5.22. The number of H-pyrrole nitrogens is 1. The van der Waals surface area contributed by atoms with E-state index in [0.29, 0.717) is 11.3 Å². The van der Waals surface area contributed by atoms with Crippen LogP contribution in [0.15, 0.2) is 35.4 Å². The van der Waals surface area contributed by atoms with E-state index in [1.54, 1.807) is 31.4 Å². The van der Waals surface area contributed by atoms with Crippen molar-refractivity contribution >= 4 is 5.78 Å². The Kier molecular flexibility index (Phi) is 3.47. The number of carbonyl (C=O) groups is 1. The van der Waals surface area contributed by atoms with Crippen LogP contribution in [0.25, 0.3) is 0 Å². The largest absolute Gasteiger partial charge is 0.497 e. The van der Waals surface area contributed by atoms with E-state index in [9.17, 15) is 9.59 Å². The summed E-state index contributed by atoms with van der Waals surface area (Å²) in [4.78, 5) is 25.6. The van der Waals surface area contributed by atoms with Crippen LogP contribution in [0, 0.1) is 0 Å². The summed E-state index contributed by atoms with van der Waals surface area (Å²) in [5, 5.41) is 7.18. The van der Waals surface area contributed by atoms with Crippen LogP contribution in [0.5, 0.6) is 5.75 Å². The van der Waals surface area contributed by atoms with Gasteiger partial charge in [-0.3, -0.25) is 9.59 Å². The van der Waals surface area contributed by atoms with Crippen molar-refractivity contribution in [3.05, 3.63) is 52.2 Å². The van der Waals surface area contributed by atoms with Crippen molar-refractivity contribution in [3.8, 4) is 5.75 Å². The Labute approximate surface area is 103 Å². The Morgan fingerprint density at radius 2 is 2.06 bits per heavy atom. The van der Waals surface area contributed by atoms with Crippen LogP contribution in [0.3, 0.4) is 0 Å². The minimum Gasteiger partial charge on any atom is -0.497 e. The molecule has 92 valence electrons. The van der Waals surface area contributed by atoms with Crippen molar-refractivity contribution < 1.29 is 9.53 Å². The van der Waals surface area contributed by atoms with Gasteiger partial charge in [0.1, 0.15) is 17.8 Å². The normalized spacial score (nSPS) is 10.1. The summed E-state index contributed by atoms with van der Waals surface area (Å²) in [7, 11) is 1.55. The quantitative estimate of drug-likeness (QED) is 0.797. The Hall–Kier alpha value is -2.50. The highest BCUT2D eigenvalue weighted by molar-refractivity contribution is 5.97. The van der Waals surface area contributed by atoms with Gasteiger partial charge < -0.3 is 9.72 Å². The summed E-state index contributed by atoms with van der Waals surface area (Å²) in [6.07, 6.45) is 1.11. The number of ether oxygens (including phenoxy) is 1. The van der Waals surface area contributed by atoms with E-state index < -0.39 is 5.56 Å². The van der Waals surface area contributed by atoms with E-state index in [1.807, 2.05) is 0 Å². The number of nitrogens with zero attached hydrogens (tertiary/aromatic N) is 2. The van der Waals surface area contributed by atoms with Crippen molar-refractivity contribution in [1.29, 1.82) is 0 Å². The number of benzene rings is 1. The second-order valence-electron chi connectivity index (χ2n) is 3.59. The first kappa shape index (κ1) is 12.0. The summed E-state index contributed by atoms with van der Waals surface area (Å²) in [5.74, 6) is 0.479. The molecule has 0 saturated heterocycles. The maximum Gasteiger partial charge on any atom is 0.273 e. The van der Waals surface area contributed by atoms with Crippen LogP contribution in [0.4, 0.5) is 0 Å². The summed E-state index contributed by atoms with van der Waals surface area (Å²) < 4.78 is 5.00. The van der Waals surface area contributed by atoms with Gasteiger partial charge in [-0.05, 0) is 24.3 Å². The summed E-state index contributed by atoms with van der Waals surface area (Å²) in [5.41, 5.74) is 0.214. The SMILES string of the molecule is COc1ccc(C(=O)Cc2nnc[nH]c2=O)cc1. The number of hydrogen-bond donors (Lipinski definition) is 1. The zero-order valence-corrected chi connectivity index (χ0v) is 9.71. The minimum atomic E-state index is -0.396. The number of nitrogens with one attached hydrogen (secondary N) is 1. The molecule has 2 rings (SSSR count). The highest BCUT2D eigenvalue weighted by Gasteiger charge is 2.11. The molecular weight excluding hydrogens is 234 g/mol. The zero-order chi connectivity index (χ0) is 13.0. The highest BCUT2D eigenvalue weighted by Crippen LogP contribution is 2.12. The molecule has 1 aromatic heterocycles. The molecule has 6 nitrogen and oxygen atoms in total. The Morgan fingerprint density at radius 1 is 1.33 bits per heavy atom. The van der Waals surface area contributed by atoms with Crippen molar-refractivity contribution in [2.24, 2.45) is 0 Å². The third-order valence-electron chi connectivity index (χ3n) is 2.43. The van der Waals surface area contributed by atoms with E-state index in [-0.39, 0.29) is 17.9 Å². The lowest BCUT2D eigenvalue weighted by atomic mass is 10.1.